The van der Waals surface area contributed by atoms with Crippen molar-refractivity contribution in [2.45, 2.75) is 26.6 Å². The zero-order valence-corrected chi connectivity index (χ0v) is 22.7. The Hall–Kier alpha value is -4.55. The number of fused-ring (bicyclic) bond motifs is 4. The summed E-state index contributed by atoms with van der Waals surface area (Å²) in [4.78, 5) is 31.4. The first-order valence-electron chi connectivity index (χ1n) is 12.5. The number of aromatic nitrogens is 4. The topological polar surface area (TPSA) is 140 Å². The summed E-state index contributed by atoms with van der Waals surface area (Å²) in [6, 6.07) is 8.98. The summed E-state index contributed by atoms with van der Waals surface area (Å²) >= 11 is 1.43. The van der Waals surface area contributed by atoms with Gasteiger partial charge >= 0.3 is 6.09 Å². The van der Waals surface area contributed by atoms with Crippen LogP contribution in [0.2, 0.25) is 0 Å². The molecule has 4 heterocycles. The van der Waals surface area contributed by atoms with Gasteiger partial charge < -0.3 is 24.4 Å². The lowest BCUT2D eigenvalue weighted by molar-refractivity contribution is 0.0961. The van der Waals surface area contributed by atoms with Crippen molar-refractivity contribution in [1.82, 2.24) is 19.9 Å². The molecule has 0 saturated heterocycles. The number of thiazole rings is 1. The van der Waals surface area contributed by atoms with Crippen LogP contribution in [0.5, 0.6) is 17.4 Å². The molecule has 1 atom stereocenters. The van der Waals surface area contributed by atoms with E-state index < -0.39 is 12.2 Å². The summed E-state index contributed by atoms with van der Waals surface area (Å²) in [7, 11) is 1.53. The van der Waals surface area contributed by atoms with E-state index in [9.17, 15) is 15.0 Å². The Balaban J connectivity index is 1.36. The maximum absolute atomic E-state index is 12.0. The molecule has 204 valence electrons. The lowest BCUT2D eigenvalue weighted by Gasteiger charge is -2.30. The molecular formula is C28H25N5O6S. The number of amides is 1. The molecule has 2 aromatic carbocycles. The molecule has 2 N–H and O–H groups in total. The lowest BCUT2D eigenvalue weighted by Crippen LogP contribution is -2.43. The van der Waals surface area contributed by atoms with Crippen LogP contribution in [0.3, 0.4) is 0 Å². The number of aryl methyl sites for hydroxylation is 2. The molecule has 0 saturated carbocycles. The molecular weight excluding hydrogens is 534 g/mol. The lowest BCUT2D eigenvalue weighted by atomic mass is 10.1. The fourth-order valence-corrected chi connectivity index (χ4v) is 5.79. The van der Waals surface area contributed by atoms with Gasteiger partial charge in [-0.1, -0.05) is 0 Å². The van der Waals surface area contributed by atoms with Crippen LogP contribution >= 0.6 is 11.3 Å². The summed E-state index contributed by atoms with van der Waals surface area (Å²) in [5, 5.41) is 20.4. The van der Waals surface area contributed by atoms with E-state index in [0.29, 0.717) is 44.7 Å². The summed E-state index contributed by atoms with van der Waals surface area (Å²) in [6.07, 6.45) is 1.46. The average molecular weight is 560 g/mol. The number of carboxylic acid groups (broad SMARTS) is 1. The summed E-state index contributed by atoms with van der Waals surface area (Å²) in [6.45, 7) is 3.86. The summed E-state index contributed by atoms with van der Waals surface area (Å²) in [5.74, 6) is 1.47. The van der Waals surface area contributed by atoms with Crippen molar-refractivity contribution in [1.29, 1.82) is 0 Å². The molecule has 0 fully saturated rings. The number of hydrogen-bond donors (Lipinski definition) is 2. The number of hydrogen-bond acceptors (Lipinski definition) is 10. The predicted molar refractivity (Wildman–Crippen MR) is 150 cm³/mol. The minimum Gasteiger partial charge on any atom is -0.484 e. The minimum absolute atomic E-state index is 0.0760. The van der Waals surface area contributed by atoms with E-state index in [-0.39, 0.29) is 19.8 Å². The second-order valence-corrected chi connectivity index (χ2v) is 10.4. The van der Waals surface area contributed by atoms with Gasteiger partial charge in [-0.2, -0.15) is 0 Å². The molecule has 40 heavy (non-hydrogen) atoms. The molecule has 0 unspecified atom stereocenters. The van der Waals surface area contributed by atoms with Gasteiger partial charge in [-0.05, 0) is 55.3 Å². The van der Waals surface area contributed by atoms with Crippen LogP contribution in [-0.4, -0.2) is 62.6 Å². The van der Waals surface area contributed by atoms with Gasteiger partial charge in [0.2, 0.25) is 5.88 Å². The molecule has 0 spiro atoms. The number of pyridine rings is 1. The number of methoxy groups -OCH3 is 1. The van der Waals surface area contributed by atoms with E-state index in [0.717, 1.165) is 27.0 Å². The highest BCUT2D eigenvalue weighted by Crippen LogP contribution is 2.46. The first-order valence-corrected chi connectivity index (χ1v) is 13.3. The average Bonchev–Trinajstić information content (AvgIpc) is 3.41. The van der Waals surface area contributed by atoms with Gasteiger partial charge in [-0.15, -0.1) is 11.3 Å². The van der Waals surface area contributed by atoms with Crippen molar-refractivity contribution < 1.29 is 29.2 Å². The zero-order valence-electron chi connectivity index (χ0n) is 21.9. The van der Waals surface area contributed by atoms with Crippen LogP contribution < -0.4 is 19.1 Å². The number of aliphatic hydroxyl groups is 1. The van der Waals surface area contributed by atoms with E-state index in [1.54, 1.807) is 24.4 Å². The molecule has 0 aliphatic carbocycles. The van der Waals surface area contributed by atoms with Gasteiger partial charge in [0.1, 0.15) is 16.3 Å². The van der Waals surface area contributed by atoms with Gasteiger partial charge in [0.05, 0.1) is 54.9 Å². The first-order chi connectivity index (χ1) is 19.3. The smallest absolute Gasteiger partial charge is 0.411 e. The van der Waals surface area contributed by atoms with E-state index in [4.69, 9.17) is 19.2 Å². The van der Waals surface area contributed by atoms with Crippen molar-refractivity contribution >= 4 is 44.4 Å². The summed E-state index contributed by atoms with van der Waals surface area (Å²) < 4.78 is 18.5. The normalized spacial score (nSPS) is 14.4. The van der Waals surface area contributed by atoms with Crippen molar-refractivity contribution in [2.24, 2.45) is 0 Å². The Labute approximate surface area is 232 Å². The maximum Gasteiger partial charge on any atom is 0.411 e. The first kappa shape index (κ1) is 25.7. The third kappa shape index (κ3) is 4.61. The molecule has 3 aromatic heterocycles. The number of carbonyl (C=O) groups is 1. The van der Waals surface area contributed by atoms with Gasteiger partial charge in [-0.25, -0.2) is 19.7 Å². The molecule has 0 radical (unpaired) electrons. The van der Waals surface area contributed by atoms with Gasteiger partial charge in [-0.3, -0.25) is 9.88 Å². The van der Waals surface area contributed by atoms with Crippen LogP contribution in [0.15, 0.2) is 42.7 Å². The number of ether oxygens (including phenoxy) is 3. The van der Waals surface area contributed by atoms with Crippen molar-refractivity contribution in [3.63, 3.8) is 0 Å². The van der Waals surface area contributed by atoms with Crippen LogP contribution in [0.4, 0.5) is 10.5 Å². The largest absolute Gasteiger partial charge is 0.484 e. The van der Waals surface area contributed by atoms with E-state index >= 15 is 0 Å². The predicted octanol–water partition coefficient (Wildman–Crippen LogP) is 4.74. The molecule has 1 aliphatic heterocycles. The standard InChI is InChI=1S/C28H25N5O6S/c1-14-6-21-25(38-13-18(39-21)11-33(28(35)36)17-5-4-15(2)29-9-17)26-23(14)32-27(40-26)19-7-16(12-34)8-20-24(19)30-10-22(31-20)37-3/h4-10,18,34H,11-13H2,1-3H3,(H,35,36)/t18-/m1/s1. The number of benzene rings is 2. The SMILES string of the molecule is COc1cnc2c(-c3nc4c(C)cc5c(c4s3)OC[C@@H](CN(C(=O)O)c3ccc(C)nc3)O5)cc(CO)cc2n1. The number of anilines is 1. The number of rotatable bonds is 6. The molecule has 1 amide bonds. The van der Waals surface area contributed by atoms with Crippen LogP contribution in [0.1, 0.15) is 16.8 Å². The highest BCUT2D eigenvalue weighted by Gasteiger charge is 2.30. The Bertz CT molecular complexity index is 1750. The third-order valence-corrected chi connectivity index (χ3v) is 7.70. The molecule has 5 aromatic rings. The number of nitrogens with zero attached hydrogens (tertiary/aromatic N) is 5. The monoisotopic (exact) mass is 559 g/mol. The number of aliphatic hydroxyl groups excluding tert-OH is 1. The van der Waals surface area contributed by atoms with E-state index in [2.05, 4.69) is 15.0 Å². The Morgan fingerprint density at radius 2 is 2.00 bits per heavy atom. The Morgan fingerprint density at radius 3 is 2.73 bits per heavy atom. The van der Waals surface area contributed by atoms with Crippen molar-refractivity contribution in [3.05, 3.63) is 59.5 Å². The molecule has 11 nitrogen and oxygen atoms in total. The molecule has 0 bridgehead atoms. The second kappa shape index (κ2) is 10.2. The molecule has 12 heteroatoms. The highest BCUT2D eigenvalue weighted by molar-refractivity contribution is 7.22. The van der Waals surface area contributed by atoms with Gasteiger partial charge in [0, 0.05) is 11.3 Å². The van der Waals surface area contributed by atoms with Crippen LogP contribution in [0.25, 0.3) is 31.8 Å². The molecule has 6 rings (SSSR count). The van der Waals surface area contributed by atoms with Crippen molar-refractivity contribution in [2.75, 3.05) is 25.2 Å². The van der Waals surface area contributed by atoms with E-state index in [1.807, 2.05) is 26.0 Å². The quantitative estimate of drug-likeness (QED) is 0.300. The maximum atomic E-state index is 12.0. The Morgan fingerprint density at radius 1 is 1.15 bits per heavy atom. The fraction of sp³-hybridized carbons (Fsp3) is 0.250. The van der Waals surface area contributed by atoms with Gasteiger partial charge in [0.15, 0.2) is 17.6 Å². The van der Waals surface area contributed by atoms with Crippen LogP contribution in [0, 0.1) is 13.8 Å². The van der Waals surface area contributed by atoms with Gasteiger partial charge in [0.25, 0.3) is 0 Å². The van der Waals surface area contributed by atoms with Crippen molar-refractivity contribution in [3.8, 4) is 28.0 Å². The Kier molecular flexibility index (Phi) is 6.56. The van der Waals surface area contributed by atoms with Crippen LogP contribution in [-0.2, 0) is 6.61 Å². The highest BCUT2D eigenvalue weighted by atomic mass is 32.1. The minimum atomic E-state index is -1.10. The molecule has 1 aliphatic rings. The fourth-order valence-electron chi connectivity index (χ4n) is 4.64. The van der Waals surface area contributed by atoms with E-state index in [1.165, 1.54) is 29.5 Å². The second-order valence-electron chi connectivity index (χ2n) is 9.40. The third-order valence-electron chi connectivity index (χ3n) is 6.62. The zero-order chi connectivity index (χ0) is 28.0. The summed E-state index contributed by atoms with van der Waals surface area (Å²) in [5.41, 5.74) is 5.56.